The van der Waals surface area contributed by atoms with Crippen LogP contribution in [0.25, 0.3) is 0 Å². The van der Waals surface area contributed by atoms with Crippen molar-refractivity contribution < 1.29 is 37.0 Å². The SMILES string of the molecule is CC(=O)Nc1cc(COc2c(Br)cc(CC(F)C(=O)O)cc2Br)cc(C(F)(F)F)c1. The van der Waals surface area contributed by atoms with Crippen LogP contribution in [0.5, 0.6) is 5.75 Å². The number of alkyl halides is 4. The summed E-state index contributed by atoms with van der Waals surface area (Å²) in [6, 6.07) is 6.01. The van der Waals surface area contributed by atoms with Crippen LogP contribution in [0.2, 0.25) is 0 Å². The van der Waals surface area contributed by atoms with E-state index in [1.54, 1.807) is 0 Å². The highest BCUT2D eigenvalue weighted by molar-refractivity contribution is 9.11. The Morgan fingerprint density at radius 3 is 2.20 bits per heavy atom. The highest BCUT2D eigenvalue weighted by Gasteiger charge is 2.31. The summed E-state index contributed by atoms with van der Waals surface area (Å²) in [6.45, 7) is 0.923. The maximum atomic E-state index is 13.4. The van der Waals surface area contributed by atoms with Crippen LogP contribution in [0.1, 0.15) is 23.6 Å². The molecule has 0 radical (unpaired) electrons. The number of hydrogen-bond donors (Lipinski definition) is 2. The van der Waals surface area contributed by atoms with Crippen molar-refractivity contribution in [3.05, 3.63) is 56.0 Å². The summed E-state index contributed by atoms with van der Waals surface area (Å²) in [5.41, 5.74) is -0.426. The second kappa shape index (κ2) is 9.78. The van der Waals surface area contributed by atoms with E-state index < -0.39 is 29.8 Å². The van der Waals surface area contributed by atoms with E-state index in [1.165, 1.54) is 25.1 Å². The molecule has 1 unspecified atom stereocenters. The lowest BCUT2D eigenvalue weighted by Gasteiger charge is -2.15. The Morgan fingerprint density at radius 2 is 1.70 bits per heavy atom. The summed E-state index contributed by atoms with van der Waals surface area (Å²) in [4.78, 5) is 21.9. The van der Waals surface area contributed by atoms with Crippen LogP contribution in [-0.4, -0.2) is 23.2 Å². The highest BCUT2D eigenvalue weighted by Crippen LogP contribution is 2.37. The molecule has 11 heteroatoms. The van der Waals surface area contributed by atoms with E-state index >= 15 is 0 Å². The van der Waals surface area contributed by atoms with E-state index in [9.17, 15) is 27.2 Å². The van der Waals surface area contributed by atoms with E-state index in [-0.39, 0.29) is 30.0 Å². The van der Waals surface area contributed by atoms with Crippen molar-refractivity contribution in [1.29, 1.82) is 0 Å². The minimum Gasteiger partial charge on any atom is -0.487 e. The fraction of sp³-hybridized carbons (Fsp3) is 0.263. The van der Waals surface area contributed by atoms with Crippen molar-refractivity contribution in [2.24, 2.45) is 0 Å². The summed E-state index contributed by atoms with van der Waals surface area (Å²) in [5, 5.41) is 11.0. The normalized spacial score (nSPS) is 12.4. The topological polar surface area (TPSA) is 75.6 Å². The first kappa shape index (κ1) is 24.1. The van der Waals surface area contributed by atoms with Gasteiger partial charge in [-0.1, -0.05) is 0 Å². The third-order valence-electron chi connectivity index (χ3n) is 3.76. The van der Waals surface area contributed by atoms with E-state index in [0.717, 1.165) is 12.1 Å². The molecule has 2 rings (SSSR count). The number of nitrogens with one attached hydrogen (secondary N) is 1. The summed E-state index contributed by atoms with van der Waals surface area (Å²) in [5.74, 6) is -1.86. The molecular formula is C19H15Br2F4NO4. The van der Waals surface area contributed by atoms with E-state index in [1.807, 2.05) is 0 Å². The van der Waals surface area contributed by atoms with Crippen LogP contribution in [-0.2, 0) is 28.8 Å². The number of rotatable bonds is 7. The molecule has 0 spiro atoms. The van der Waals surface area contributed by atoms with Gasteiger partial charge in [-0.05, 0) is 73.3 Å². The Labute approximate surface area is 185 Å². The van der Waals surface area contributed by atoms with Crippen LogP contribution in [0.3, 0.4) is 0 Å². The molecule has 2 aromatic carbocycles. The van der Waals surface area contributed by atoms with Crippen molar-refractivity contribution in [3.63, 3.8) is 0 Å². The Kier molecular flexibility index (Phi) is 7.87. The molecule has 1 amide bonds. The third kappa shape index (κ3) is 6.69. The van der Waals surface area contributed by atoms with Gasteiger partial charge >= 0.3 is 12.1 Å². The predicted molar refractivity (Wildman–Crippen MR) is 108 cm³/mol. The fourth-order valence-electron chi connectivity index (χ4n) is 2.53. The molecular weight excluding hydrogens is 542 g/mol. The number of halogens is 6. The van der Waals surface area contributed by atoms with Crippen molar-refractivity contribution in [1.82, 2.24) is 0 Å². The molecule has 0 fully saturated rings. The lowest BCUT2D eigenvalue weighted by Crippen LogP contribution is -2.17. The number of ether oxygens (including phenoxy) is 1. The van der Waals surface area contributed by atoms with Gasteiger partial charge in [0, 0.05) is 19.0 Å². The average molecular weight is 557 g/mol. The summed E-state index contributed by atoms with van der Waals surface area (Å²) in [7, 11) is 0. The zero-order valence-electron chi connectivity index (χ0n) is 15.3. The van der Waals surface area contributed by atoms with Crippen molar-refractivity contribution in [2.45, 2.75) is 32.3 Å². The predicted octanol–water partition coefficient (Wildman–Crippen LogP) is 5.73. The summed E-state index contributed by atoms with van der Waals surface area (Å²) < 4.78 is 59.2. The van der Waals surface area contributed by atoms with E-state index in [0.29, 0.717) is 14.5 Å². The molecule has 2 aromatic rings. The smallest absolute Gasteiger partial charge is 0.416 e. The van der Waals surface area contributed by atoms with Crippen LogP contribution in [0.15, 0.2) is 39.3 Å². The number of hydrogen-bond acceptors (Lipinski definition) is 3. The van der Waals surface area contributed by atoms with Crippen molar-refractivity contribution in [2.75, 3.05) is 5.32 Å². The van der Waals surface area contributed by atoms with E-state index in [4.69, 9.17) is 9.84 Å². The molecule has 5 nitrogen and oxygen atoms in total. The molecule has 0 aliphatic heterocycles. The zero-order chi connectivity index (χ0) is 22.6. The Balaban J connectivity index is 2.25. The van der Waals surface area contributed by atoms with Gasteiger partial charge in [0.1, 0.15) is 12.4 Å². The Hall–Kier alpha value is -2.14. The molecule has 2 N–H and O–H groups in total. The van der Waals surface area contributed by atoms with Gasteiger partial charge in [-0.2, -0.15) is 13.2 Å². The van der Waals surface area contributed by atoms with E-state index in [2.05, 4.69) is 37.2 Å². The molecule has 0 aliphatic rings. The quantitative estimate of drug-likeness (QED) is 0.427. The average Bonchev–Trinajstić information content (AvgIpc) is 2.59. The van der Waals surface area contributed by atoms with Crippen LogP contribution in [0.4, 0.5) is 23.2 Å². The van der Waals surface area contributed by atoms with Crippen molar-refractivity contribution in [3.8, 4) is 5.75 Å². The molecule has 0 saturated carbocycles. The molecule has 1 atom stereocenters. The van der Waals surface area contributed by atoms with Crippen LogP contribution in [0, 0.1) is 0 Å². The molecule has 0 aliphatic carbocycles. The fourth-order valence-corrected chi connectivity index (χ4v) is 4.04. The number of carbonyl (C=O) groups excluding carboxylic acids is 1. The molecule has 0 saturated heterocycles. The first-order chi connectivity index (χ1) is 13.9. The molecule has 30 heavy (non-hydrogen) atoms. The number of benzene rings is 2. The minimum absolute atomic E-state index is 0.0212. The first-order valence-electron chi connectivity index (χ1n) is 8.33. The van der Waals surface area contributed by atoms with Crippen molar-refractivity contribution >= 4 is 49.4 Å². The first-order valence-corrected chi connectivity index (χ1v) is 9.91. The van der Waals surface area contributed by atoms with Crippen LogP contribution >= 0.6 is 31.9 Å². The maximum Gasteiger partial charge on any atom is 0.416 e. The summed E-state index contributed by atoms with van der Waals surface area (Å²) in [6.07, 6.45) is -7.05. The van der Waals surface area contributed by atoms with Gasteiger partial charge in [0.2, 0.25) is 12.1 Å². The number of aliphatic carboxylic acids is 1. The second-order valence-electron chi connectivity index (χ2n) is 6.28. The lowest BCUT2D eigenvalue weighted by atomic mass is 10.1. The number of anilines is 1. The molecule has 0 bridgehead atoms. The molecule has 0 aromatic heterocycles. The van der Waals surface area contributed by atoms with Gasteiger partial charge in [-0.25, -0.2) is 9.18 Å². The summed E-state index contributed by atoms with van der Waals surface area (Å²) >= 11 is 6.46. The molecule has 0 heterocycles. The zero-order valence-corrected chi connectivity index (χ0v) is 18.5. The van der Waals surface area contributed by atoms with Crippen LogP contribution < -0.4 is 10.1 Å². The van der Waals surface area contributed by atoms with Gasteiger partial charge in [0.05, 0.1) is 14.5 Å². The van der Waals surface area contributed by atoms with Gasteiger partial charge in [-0.15, -0.1) is 0 Å². The largest absolute Gasteiger partial charge is 0.487 e. The third-order valence-corrected chi connectivity index (χ3v) is 4.94. The lowest BCUT2D eigenvalue weighted by molar-refractivity contribution is -0.142. The second-order valence-corrected chi connectivity index (χ2v) is 7.99. The number of amides is 1. The Bertz CT molecular complexity index is 943. The maximum absolute atomic E-state index is 13.4. The Morgan fingerprint density at radius 1 is 1.10 bits per heavy atom. The highest BCUT2D eigenvalue weighted by atomic mass is 79.9. The van der Waals surface area contributed by atoms with Gasteiger partial charge in [-0.3, -0.25) is 4.79 Å². The van der Waals surface area contributed by atoms with Gasteiger partial charge < -0.3 is 15.2 Å². The standard InChI is InChI=1S/C19H15Br2F4NO4/c1-9(27)26-13-3-11(2-12(7-13)19(23,24)25)8-30-17-14(20)4-10(5-15(17)21)6-16(22)18(28)29/h2-5,7,16H,6,8H2,1H3,(H,26,27)(H,28,29). The monoisotopic (exact) mass is 555 g/mol. The number of carbonyl (C=O) groups is 2. The number of carboxylic acids is 1. The number of carboxylic acid groups (broad SMARTS) is 1. The van der Waals surface area contributed by atoms with Gasteiger partial charge in [0.15, 0.2) is 0 Å². The minimum atomic E-state index is -4.61. The molecule has 162 valence electrons. The van der Waals surface area contributed by atoms with Gasteiger partial charge in [0.25, 0.3) is 0 Å².